The minimum atomic E-state index is -5.64. The van der Waals surface area contributed by atoms with Gasteiger partial charge in [0, 0.05) is 20.6 Å². The van der Waals surface area contributed by atoms with E-state index in [2.05, 4.69) is 0 Å². The molecule has 0 spiro atoms. The zero-order chi connectivity index (χ0) is 15.5. The van der Waals surface area contributed by atoms with Crippen molar-refractivity contribution in [3.63, 3.8) is 0 Å². The van der Waals surface area contributed by atoms with Crippen LogP contribution in [0.15, 0.2) is 0 Å². The zero-order valence-corrected chi connectivity index (χ0v) is 15.2. The summed E-state index contributed by atoms with van der Waals surface area (Å²) in [5.41, 5.74) is -7.06. The first-order valence-corrected chi connectivity index (χ1v) is 6.72. The van der Waals surface area contributed by atoms with E-state index in [1.54, 1.807) is 0 Å². The van der Waals surface area contributed by atoms with Gasteiger partial charge in [-0.05, 0) is 10.7 Å². The molecule has 0 saturated carbocycles. The van der Waals surface area contributed by atoms with Crippen molar-refractivity contribution in [1.82, 2.24) is 0 Å². The Morgan fingerprint density at radius 2 is 1.55 bits per heavy atom. The second-order valence-corrected chi connectivity index (χ2v) is 6.61. The molecular formula is C10H16F3O5SY+2. The normalized spacial score (nSPS) is 14.8. The minimum Gasteiger partial charge on any atom is -0.541 e. The number of hydrogen-bond donors (Lipinski definition) is 0. The van der Waals surface area contributed by atoms with Crippen LogP contribution in [0.2, 0.25) is 0 Å². The van der Waals surface area contributed by atoms with Gasteiger partial charge in [0.15, 0.2) is 6.29 Å². The van der Waals surface area contributed by atoms with E-state index in [9.17, 15) is 26.4 Å². The molecule has 0 bridgehead atoms. The van der Waals surface area contributed by atoms with Gasteiger partial charge in [-0.2, -0.15) is 13.2 Å². The third kappa shape index (κ3) is 5.33. The molecule has 0 aliphatic rings. The van der Waals surface area contributed by atoms with E-state index in [-0.39, 0.29) is 39.1 Å². The SMILES string of the molecule is COC(CC(C)(C)C([C-]=O)S(=O)(=O)C(F)(F)F)OC.[Y+3]. The molecule has 0 aromatic heterocycles. The molecule has 10 heteroatoms. The van der Waals surface area contributed by atoms with Crippen LogP contribution in [0.4, 0.5) is 13.2 Å². The molecule has 114 valence electrons. The third-order valence-electron chi connectivity index (χ3n) is 2.67. The van der Waals surface area contributed by atoms with E-state index in [1.807, 2.05) is 0 Å². The summed E-state index contributed by atoms with van der Waals surface area (Å²) in [4.78, 5) is 10.7. The number of methoxy groups -OCH3 is 2. The van der Waals surface area contributed by atoms with Crippen molar-refractivity contribution in [2.45, 2.75) is 37.3 Å². The fourth-order valence-electron chi connectivity index (χ4n) is 1.58. The fraction of sp³-hybridized carbons (Fsp3) is 0.900. The number of ether oxygens (including phenoxy) is 2. The Morgan fingerprint density at radius 1 is 1.15 bits per heavy atom. The quantitative estimate of drug-likeness (QED) is 0.483. The van der Waals surface area contributed by atoms with Crippen molar-refractivity contribution in [3.8, 4) is 0 Å². The minimum absolute atomic E-state index is 0. The topological polar surface area (TPSA) is 69.7 Å². The Kier molecular flexibility index (Phi) is 9.28. The second kappa shape index (κ2) is 8.17. The molecule has 0 rings (SSSR count). The molecule has 1 unspecified atom stereocenters. The molecule has 20 heavy (non-hydrogen) atoms. The van der Waals surface area contributed by atoms with Gasteiger partial charge in [-0.1, -0.05) is 13.8 Å². The maximum absolute atomic E-state index is 12.5. The first-order valence-electron chi connectivity index (χ1n) is 5.17. The number of alkyl halides is 3. The predicted octanol–water partition coefficient (Wildman–Crippen LogP) is 1.43. The summed E-state index contributed by atoms with van der Waals surface area (Å²) < 4.78 is 69.7. The molecule has 0 N–H and O–H groups in total. The van der Waals surface area contributed by atoms with Gasteiger partial charge in [0.1, 0.15) is 0 Å². The Balaban J connectivity index is 0. The second-order valence-electron chi connectivity index (χ2n) is 4.58. The standard InChI is InChI=1S/C10H16F3O5S.Y/c1-9(2,5-8(17-3)18-4)7(6-14)19(15,16)10(11,12)13;/h7-8H,5H2,1-4H3;/q-1;+3. The van der Waals surface area contributed by atoms with Crippen LogP contribution in [0.3, 0.4) is 0 Å². The molecule has 0 amide bonds. The van der Waals surface area contributed by atoms with E-state index in [0.29, 0.717) is 0 Å². The monoisotopic (exact) mass is 394 g/mol. The molecule has 5 nitrogen and oxygen atoms in total. The largest absolute Gasteiger partial charge is 3.00 e. The van der Waals surface area contributed by atoms with Crippen molar-refractivity contribution in [2.24, 2.45) is 5.41 Å². The van der Waals surface area contributed by atoms with E-state index >= 15 is 0 Å². The van der Waals surface area contributed by atoms with Crippen molar-refractivity contribution >= 4 is 16.1 Å². The van der Waals surface area contributed by atoms with Crippen molar-refractivity contribution in [1.29, 1.82) is 0 Å². The molecule has 0 heterocycles. The molecule has 0 fully saturated rings. The first-order chi connectivity index (χ1) is 8.44. The van der Waals surface area contributed by atoms with Crippen molar-refractivity contribution in [2.75, 3.05) is 14.2 Å². The van der Waals surface area contributed by atoms with E-state index < -0.39 is 32.3 Å². The van der Waals surface area contributed by atoms with Crippen LogP contribution >= 0.6 is 0 Å². The summed E-state index contributed by atoms with van der Waals surface area (Å²) in [6, 6.07) is 0. The van der Waals surface area contributed by atoms with E-state index in [4.69, 9.17) is 9.47 Å². The van der Waals surface area contributed by atoms with Gasteiger partial charge in [-0.25, -0.2) is 14.7 Å². The van der Waals surface area contributed by atoms with Gasteiger partial charge in [0.25, 0.3) is 0 Å². The van der Waals surface area contributed by atoms with Crippen LogP contribution in [0.5, 0.6) is 0 Å². The summed E-state index contributed by atoms with van der Waals surface area (Å²) in [5, 5.41) is -2.34. The number of rotatable bonds is 7. The smallest absolute Gasteiger partial charge is 0.541 e. The Hall–Kier alpha value is 0.434. The van der Waals surface area contributed by atoms with Crippen LogP contribution in [0, 0.1) is 5.41 Å². The van der Waals surface area contributed by atoms with Crippen molar-refractivity contribution < 1.29 is 68.6 Å². The van der Waals surface area contributed by atoms with Gasteiger partial charge in [-0.3, -0.25) is 0 Å². The van der Waals surface area contributed by atoms with E-state index in [1.165, 1.54) is 28.1 Å². The maximum atomic E-state index is 12.5. The number of sulfone groups is 1. The molecular weight excluding hydrogens is 378 g/mol. The Morgan fingerprint density at radius 3 is 1.80 bits per heavy atom. The fourth-order valence-corrected chi connectivity index (χ4v) is 2.91. The van der Waals surface area contributed by atoms with Crippen LogP contribution < -0.4 is 0 Å². The number of hydrogen-bond acceptors (Lipinski definition) is 5. The maximum Gasteiger partial charge on any atom is 3.00 e. The van der Waals surface area contributed by atoms with Crippen LogP contribution in [-0.2, 0) is 56.8 Å². The predicted molar refractivity (Wildman–Crippen MR) is 60.7 cm³/mol. The number of halogens is 3. The molecule has 1 atom stereocenters. The van der Waals surface area contributed by atoms with Crippen molar-refractivity contribution in [3.05, 3.63) is 0 Å². The van der Waals surface area contributed by atoms with E-state index in [0.717, 1.165) is 6.29 Å². The van der Waals surface area contributed by atoms with Gasteiger partial charge in [0.05, 0.1) is 0 Å². The average Bonchev–Trinajstić information content (AvgIpc) is 2.24. The Labute approximate surface area is 141 Å². The van der Waals surface area contributed by atoms with Crippen LogP contribution in [-0.4, -0.2) is 46.0 Å². The summed E-state index contributed by atoms with van der Waals surface area (Å²) in [7, 11) is -3.14. The van der Waals surface area contributed by atoms with Gasteiger partial charge in [-0.15, -0.1) is 0 Å². The summed E-state index contributed by atoms with van der Waals surface area (Å²) in [6.07, 6.45) is -0.161. The zero-order valence-electron chi connectivity index (χ0n) is 11.5. The summed E-state index contributed by atoms with van der Waals surface area (Å²) in [6.45, 7) is 2.41. The van der Waals surface area contributed by atoms with Crippen LogP contribution in [0.25, 0.3) is 0 Å². The average molecular weight is 394 g/mol. The van der Waals surface area contributed by atoms with Gasteiger partial charge in [0.2, 0.25) is 9.84 Å². The Bertz CT molecular complexity index is 404. The number of carbonyl (C=O) groups excluding carboxylic acids is 1. The molecule has 0 aliphatic heterocycles. The van der Waals surface area contributed by atoms with Crippen LogP contribution in [0.1, 0.15) is 20.3 Å². The molecule has 0 radical (unpaired) electrons. The first kappa shape index (κ1) is 22.7. The summed E-state index contributed by atoms with van der Waals surface area (Å²) >= 11 is 0. The molecule has 0 aliphatic carbocycles. The van der Waals surface area contributed by atoms with Gasteiger partial charge >= 0.3 is 38.2 Å². The molecule has 0 aromatic rings. The molecule has 0 aromatic carbocycles. The molecule has 0 saturated heterocycles. The summed E-state index contributed by atoms with van der Waals surface area (Å²) in [5.74, 6) is 0. The van der Waals surface area contributed by atoms with Gasteiger partial charge < -0.3 is 14.3 Å². The third-order valence-corrected chi connectivity index (χ3v) is 4.67.